The maximum atomic E-state index is 10.8. The molecule has 1 aliphatic rings. The van der Waals surface area contributed by atoms with Gasteiger partial charge in [0.05, 0.1) is 11.6 Å². The third-order valence-corrected chi connectivity index (χ3v) is 4.18. The fourth-order valence-corrected chi connectivity index (χ4v) is 3.01. The Kier molecular flexibility index (Phi) is 3.63. The highest BCUT2D eigenvalue weighted by atomic mass is 32.1. The Labute approximate surface area is 104 Å². The van der Waals surface area contributed by atoms with Crippen LogP contribution in [0.2, 0.25) is 0 Å². The molecule has 0 saturated carbocycles. The number of nitrogen functional groups attached to an aromatic ring is 1. The van der Waals surface area contributed by atoms with Gasteiger partial charge in [0.2, 0.25) is 0 Å². The Balaban J connectivity index is 1.90. The summed E-state index contributed by atoms with van der Waals surface area (Å²) in [4.78, 5) is 18.5. The number of nitrogens with zero attached hydrogens (tertiary/aromatic N) is 2. The van der Waals surface area contributed by atoms with Gasteiger partial charge in [-0.2, -0.15) is 0 Å². The van der Waals surface area contributed by atoms with Crippen molar-refractivity contribution in [2.75, 3.05) is 18.8 Å². The van der Waals surface area contributed by atoms with E-state index in [2.05, 4.69) is 9.88 Å². The van der Waals surface area contributed by atoms with Crippen LogP contribution in [0, 0.1) is 12.8 Å². The van der Waals surface area contributed by atoms with Crippen molar-refractivity contribution in [3.63, 3.8) is 0 Å². The fraction of sp³-hybridized carbons (Fsp3) is 0.636. The summed E-state index contributed by atoms with van der Waals surface area (Å²) in [6, 6.07) is 0. The van der Waals surface area contributed by atoms with Crippen molar-refractivity contribution in [1.82, 2.24) is 9.88 Å². The number of hydrogen-bond donors (Lipinski definition) is 2. The summed E-state index contributed by atoms with van der Waals surface area (Å²) in [6.07, 6.45) is 1.48. The smallest absolute Gasteiger partial charge is 0.306 e. The second-order valence-electron chi connectivity index (χ2n) is 4.45. The van der Waals surface area contributed by atoms with Crippen molar-refractivity contribution in [3.05, 3.63) is 10.6 Å². The van der Waals surface area contributed by atoms with E-state index in [0.717, 1.165) is 38.2 Å². The van der Waals surface area contributed by atoms with Crippen LogP contribution in [0.5, 0.6) is 0 Å². The summed E-state index contributed by atoms with van der Waals surface area (Å²) in [7, 11) is 0. The van der Waals surface area contributed by atoms with Crippen LogP contribution < -0.4 is 5.73 Å². The van der Waals surface area contributed by atoms with Gasteiger partial charge in [0, 0.05) is 11.4 Å². The number of rotatable bonds is 3. The minimum atomic E-state index is -0.664. The van der Waals surface area contributed by atoms with Crippen LogP contribution >= 0.6 is 11.3 Å². The number of carboxylic acid groups (broad SMARTS) is 1. The molecule has 6 heteroatoms. The number of aliphatic carboxylic acids is 1. The lowest BCUT2D eigenvalue weighted by Crippen LogP contribution is -2.35. The number of hydrogen-bond acceptors (Lipinski definition) is 5. The molecule has 0 spiro atoms. The van der Waals surface area contributed by atoms with Crippen molar-refractivity contribution in [2.45, 2.75) is 26.3 Å². The number of nitrogens with two attached hydrogens (primary N) is 1. The molecule has 0 atom stereocenters. The molecule has 94 valence electrons. The summed E-state index contributed by atoms with van der Waals surface area (Å²) >= 11 is 1.52. The van der Waals surface area contributed by atoms with Crippen LogP contribution in [-0.2, 0) is 11.3 Å². The topological polar surface area (TPSA) is 79.5 Å². The Hall–Kier alpha value is -1.14. The summed E-state index contributed by atoms with van der Waals surface area (Å²) in [5.74, 6) is -0.832. The van der Waals surface area contributed by atoms with Crippen molar-refractivity contribution in [3.8, 4) is 0 Å². The third-order valence-electron chi connectivity index (χ3n) is 3.21. The molecule has 2 heterocycles. The molecule has 1 aliphatic heterocycles. The van der Waals surface area contributed by atoms with Crippen LogP contribution in [0.25, 0.3) is 0 Å². The van der Waals surface area contributed by atoms with E-state index in [9.17, 15) is 4.79 Å². The van der Waals surface area contributed by atoms with E-state index in [-0.39, 0.29) is 5.92 Å². The molecule has 2 rings (SSSR count). The minimum Gasteiger partial charge on any atom is -0.481 e. The molecular weight excluding hydrogens is 238 g/mol. The van der Waals surface area contributed by atoms with Crippen molar-refractivity contribution in [2.24, 2.45) is 5.92 Å². The average Bonchev–Trinajstić information content (AvgIpc) is 2.58. The van der Waals surface area contributed by atoms with E-state index in [1.807, 2.05) is 6.92 Å². The lowest BCUT2D eigenvalue weighted by Gasteiger charge is -2.29. The van der Waals surface area contributed by atoms with Crippen molar-refractivity contribution < 1.29 is 9.90 Å². The van der Waals surface area contributed by atoms with E-state index in [1.54, 1.807) is 0 Å². The predicted molar refractivity (Wildman–Crippen MR) is 66.9 cm³/mol. The number of aryl methyl sites for hydroxylation is 1. The van der Waals surface area contributed by atoms with Gasteiger partial charge >= 0.3 is 5.97 Å². The van der Waals surface area contributed by atoms with Crippen LogP contribution in [-0.4, -0.2) is 34.0 Å². The zero-order valence-corrected chi connectivity index (χ0v) is 10.7. The number of carbonyl (C=O) groups is 1. The van der Waals surface area contributed by atoms with E-state index < -0.39 is 5.97 Å². The molecule has 0 radical (unpaired) electrons. The summed E-state index contributed by atoms with van der Waals surface area (Å²) in [5, 5.41) is 9.53. The molecule has 1 aromatic heterocycles. The molecule has 0 unspecified atom stereocenters. The zero-order valence-electron chi connectivity index (χ0n) is 9.85. The Morgan fingerprint density at radius 1 is 1.59 bits per heavy atom. The normalized spacial score (nSPS) is 18.4. The number of anilines is 1. The first-order chi connectivity index (χ1) is 8.06. The van der Waals surface area contributed by atoms with Gasteiger partial charge in [0.25, 0.3) is 0 Å². The van der Waals surface area contributed by atoms with Gasteiger partial charge in [-0.15, -0.1) is 11.3 Å². The Morgan fingerprint density at radius 3 is 2.71 bits per heavy atom. The van der Waals surface area contributed by atoms with Crippen molar-refractivity contribution >= 4 is 22.4 Å². The second-order valence-corrected chi connectivity index (χ2v) is 5.56. The van der Waals surface area contributed by atoms with E-state index in [0.29, 0.717) is 5.13 Å². The van der Waals surface area contributed by atoms with Gasteiger partial charge in [-0.3, -0.25) is 9.69 Å². The Bertz CT molecular complexity index is 411. The van der Waals surface area contributed by atoms with Crippen LogP contribution in [0.15, 0.2) is 0 Å². The highest BCUT2D eigenvalue weighted by molar-refractivity contribution is 7.15. The maximum Gasteiger partial charge on any atom is 0.306 e. The van der Waals surface area contributed by atoms with E-state index in [4.69, 9.17) is 10.8 Å². The van der Waals surface area contributed by atoms with Crippen LogP contribution in [0.1, 0.15) is 23.4 Å². The summed E-state index contributed by atoms with van der Waals surface area (Å²) in [6.45, 7) is 4.49. The first kappa shape index (κ1) is 12.3. The molecule has 0 bridgehead atoms. The van der Waals surface area contributed by atoms with Gasteiger partial charge < -0.3 is 10.8 Å². The number of likely N-dealkylation sites (tertiary alicyclic amines) is 1. The van der Waals surface area contributed by atoms with Gasteiger partial charge in [-0.25, -0.2) is 4.98 Å². The molecule has 17 heavy (non-hydrogen) atoms. The lowest BCUT2D eigenvalue weighted by atomic mass is 9.97. The number of thiazole rings is 1. The highest BCUT2D eigenvalue weighted by Crippen LogP contribution is 2.24. The molecule has 1 aromatic rings. The van der Waals surface area contributed by atoms with Crippen LogP contribution in [0.3, 0.4) is 0 Å². The lowest BCUT2D eigenvalue weighted by molar-refractivity contribution is -0.143. The largest absolute Gasteiger partial charge is 0.481 e. The second kappa shape index (κ2) is 5.01. The zero-order chi connectivity index (χ0) is 12.4. The molecule has 1 fully saturated rings. The SMILES string of the molecule is Cc1nc(N)sc1CN1CCC(C(=O)O)CC1. The molecular formula is C11H17N3O2S. The maximum absolute atomic E-state index is 10.8. The van der Waals surface area contributed by atoms with Gasteiger partial charge in [0.1, 0.15) is 0 Å². The molecule has 0 amide bonds. The molecule has 0 aromatic carbocycles. The first-order valence-electron chi connectivity index (χ1n) is 5.73. The third kappa shape index (κ3) is 2.95. The van der Waals surface area contributed by atoms with E-state index in [1.165, 1.54) is 16.2 Å². The molecule has 5 nitrogen and oxygen atoms in total. The monoisotopic (exact) mass is 255 g/mol. The Morgan fingerprint density at radius 2 is 2.24 bits per heavy atom. The van der Waals surface area contributed by atoms with Gasteiger partial charge in [0.15, 0.2) is 5.13 Å². The minimum absolute atomic E-state index is 0.168. The highest BCUT2D eigenvalue weighted by Gasteiger charge is 2.24. The molecule has 3 N–H and O–H groups in total. The fourth-order valence-electron chi connectivity index (χ4n) is 2.14. The molecule has 1 saturated heterocycles. The predicted octanol–water partition coefficient (Wildman–Crippen LogP) is 1.33. The quantitative estimate of drug-likeness (QED) is 0.851. The van der Waals surface area contributed by atoms with Crippen LogP contribution in [0.4, 0.5) is 5.13 Å². The summed E-state index contributed by atoms with van der Waals surface area (Å²) in [5.41, 5.74) is 6.65. The van der Waals surface area contributed by atoms with Gasteiger partial charge in [-0.1, -0.05) is 0 Å². The number of carboxylic acids is 1. The van der Waals surface area contributed by atoms with E-state index >= 15 is 0 Å². The number of aromatic nitrogens is 1. The first-order valence-corrected chi connectivity index (χ1v) is 6.55. The average molecular weight is 255 g/mol. The molecule has 0 aliphatic carbocycles. The van der Waals surface area contributed by atoms with Crippen molar-refractivity contribution in [1.29, 1.82) is 0 Å². The van der Waals surface area contributed by atoms with Gasteiger partial charge in [-0.05, 0) is 32.9 Å². The number of piperidine rings is 1. The standard InChI is InChI=1S/C11H17N3O2S/c1-7-9(17-11(12)13-7)6-14-4-2-8(3-5-14)10(15)16/h8H,2-6H2,1H3,(H2,12,13)(H,15,16). The summed E-state index contributed by atoms with van der Waals surface area (Å²) < 4.78 is 0.